The van der Waals surface area contributed by atoms with Crippen molar-refractivity contribution < 1.29 is 27.6 Å². The van der Waals surface area contributed by atoms with E-state index in [0.717, 1.165) is 38.2 Å². The van der Waals surface area contributed by atoms with E-state index in [-0.39, 0.29) is 42.6 Å². The van der Waals surface area contributed by atoms with Crippen molar-refractivity contribution in [3.63, 3.8) is 0 Å². The zero-order chi connectivity index (χ0) is 37.9. The largest absolute Gasteiger partial charge is 0.497 e. The van der Waals surface area contributed by atoms with Crippen LogP contribution >= 0.6 is 15.9 Å². The lowest BCUT2D eigenvalue weighted by atomic mass is 9.74. The predicted molar refractivity (Wildman–Crippen MR) is 210 cm³/mol. The van der Waals surface area contributed by atoms with Gasteiger partial charge in [0, 0.05) is 48.2 Å². The smallest absolute Gasteiger partial charge is 0.289 e. The number of fused-ring (bicyclic) bond motifs is 1. The molecule has 0 amide bonds. The third kappa shape index (κ3) is 7.07. The molecular weight excluding hydrogens is 770 g/mol. The number of rotatable bonds is 12. The Balaban J connectivity index is 1.30. The van der Waals surface area contributed by atoms with Gasteiger partial charge >= 0.3 is 0 Å². The molecule has 7 rings (SSSR count). The van der Waals surface area contributed by atoms with Crippen molar-refractivity contribution in [3.8, 4) is 11.5 Å². The highest BCUT2D eigenvalue weighted by atomic mass is 79.9. The van der Waals surface area contributed by atoms with Gasteiger partial charge in [0.15, 0.2) is 4.90 Å². The molecule has 0 spiro atoms. The van der Waals surface area contributed by atoms with E-state index in [4.69, 9.17) is 14.2 Å². The summed E-state index contributed by atoms with van der Waals surface area (Å²) in [4.78, 5) is 13.2. The second kappa shape index (κ2) is 15.9. The zero-order valence-electron chi connectivity index (χ0n) is 29.8. The zero-order valence-corrected chi connectivity index (χ0v) is 32.2. The van der Waals surface area contributed by atoms with E-state index in [0.29, 0.717) is 6.54 Å². The summed E-state index contributed by atoms with van der Waals surface area (Å²) >= 11 is 3.57. The lowest BCUT2D eigenvalue weighted by Gasteiger charge is -2.57. The van der Waals surface area contributed by atoms with Crippen molar-refractivity contribution in [2.75, 3.05) is 40.5 Å². The number of methoxy groups -OCH3 is 2. The van der Waals surface area contributed by atoms with Crippen LogP contribution < -0.4 is 9.47 Å². The first-order chi connectivity index (χ1) is 26.2. The van der Waals surface area contributed by atoms with Crippen LogP contribution in [-0.4, -0.2) is 75.1 Å². The number of benzene rings is 5. The van der Waals surface area contributed by atoms with Gasteiger partial charge in [-0.05, 0) is 64.7 Å². The highest BCUT2D eigenvalue weighted by Crippen LogP contribution is 2.47. The molecule has 2 aliphatic rings. The minimum Gasteiger partial charge on any atom is -0.497 e. The summed E-state index contributed by atoms with van der Waals surface area (Å²) in [6.07, 6.45) is 3.78. The summed E-state index contributed by atoms with van der Waals surface area (Å²) in [7, 11) is -0.952. The van der Waals surface area contributed by atoms with Gasteiger partial charge in [0.2, 0.25) is 10.0 Å². The van der Waals surface area contributed by atoms with Crippen LogP contribution in [0.5, 0.6) is 11.5 Å². The molecular formula is C42H40BrN3O7S. The van der Waals surface area contributed by atoms with Crippen LogP contribution in [0.2, 0.25) is 0 Å². The predicted octanol–water partition coefficient (Wildman–Crippen LogP) is 7.78. The first kappa shape index (κ1) is 37.5. The minimum absolute atomic E-state index is 0.0962. The van der Waals surface area contributed by atoms with E-state index in [1.165, 1.54) is 28.6 Å². The van der Waals surface area contributed by atoms with Gasteiger partial charge in [0.25, 0.3) is 5.69 Å². The van der Waals surface area contributed by atoms with Crippen molar-refractivity contribution in [1.29, 1.82) is 0 Å². The van der Waals surface area contributed by atoms with Crippen molar-refractivity contribution in [1.82, 2.24) is 9.21 Å². The molecule has 0 unspecified atom stereocenters. The lowest BCUT2D eigenvalue weighted by Crippen LogP contribution is -2.68. The number of ether oxygens (including phenoxy) is 3. The molecule has 10 nitrogen and oxygen atoms in total. The molecule has 0 aromatic heterocycles. The molecule has 278 valence electrons. The Morgan fingerprint density at radius 2 is 1.31 bits per heavy atom. The van der Waals surface area contributed by atoms with Gasteiger partial charge in [-0.3, -0.25) is 15.0 Å². The Hall–Kier alpha value is -4.85. The fourth-order valence-corrected chi connectivity index (χ4v) is 9.58. The molecule has 1 saturated heterocycles. The molecule has 5 aromatic rings. The molecule has 3 atom stereocenters. The molecule has 1 fully saturated rings. The topological polar surface area (TPSA) is 111 Å². The normalized spacial score (nSPS) is 19.8. The minimum atomic E-state index is -4.23. The first-order valence-electron chi connectivity index (χ1n) is 17.6. The summed E-state index contributed by atoms with van der Waals surface area (Å²) in [5, 5.41) is 11.9. The summed E-state index contributed by atoms with van der Waals surface area (Å²) < 4.78 is 49.0. The standard InChI is InChI=1S/C42H40BrN3O7S/c1-51-35-22-16-32(17-23-35)42(31-10-4-3-5-11-31,33-18-24-36(52-2)25-19-33)53-29-39-41(30-14-20-34(43)21-15-30)38-28-44(26-8-9-27-45(38)39)54(49,50)40-13-7-6-12-37(40)46(47)48/h3-25,38-39,41H,26-29H2,1-2H3/b9-8-/t38-,39+,41+/m0/s1. The summed E-state index contributed by atoms with van der Waals surface area (Å²) in [6.45, 7) is 1.10. The van der Waals surface area contributed by atoms with Gasteiger partial charge in [-0.1, -0.05) is 107 Å². The number of nitrogens with zero attached hydrogens (tertiary/aromatic N) is 3. The number of sulfonamides is 1. The second-order valence-electron chi connectivity index (χ2n) is 13.2. The Morgan fingerprint density at radius 1 is 0.759 bits per heavy atom. The van der Waals surface area contributed by atoms with E-state index in [1.807, 2.05) is 91.0 Å². The second-order valence-corrected chi connectivity index (χ2v) is 16.1. The highest BCUT2D eigenvalue weighted by molar-refractivity contribution is 9.10. The average molecular weight is 811 g/mol. The van der Waals surface area contributed by atoms with Crippen LogP contribution in [0, 0.1) is 10.1 Å². The van der Waals surface area contributed by atoms with Crippen LogP contribution in [0.3, 0.4) is 0 Å². The Labute approximate surface area is 323 Å². The summed E-state index contributed by atoms with van der Waals surface area (Å²) in [6, 6.07) is 39.1. The number of halogens is 1. The van der Waals surface area contributed by atoms with Gasteiger partial charge in [0.1, 0.15) is 17.1 Å². The van der Waals surface area contributed by atoms with E-state index in [2.05, 4.69) is 45.1 Å². The van der Waals surface area contributed by atoms with Gasteiger partial charge in [-0.25, -0.2) is 8.42 Å². The van der Waals surface area contributed by atoms with E-state index >= 15 is 0 Å². The molecule has 0 saturated carbocycles. The number of nitro groups is 1. The molecule has 5 aromatic carbocycles. The molecule has 2 aliphatic heterocycles. The third-order valence-corrected chi connectivity index (χ3v) is 12.9. The Bertz CT molecular complexity index is 2170. The van der Waals surface area contributed by atoms with Crippen molar-refractivity contribution in [3.05, 3.63) is 176 Å². The average Bonchev–Trinajstić information content (AvgIpc) is 3.19. The van der Waals surface area contributed by atoms with E-state index in [1.54, 1.807) is 14.2 Å². The van der Waals surface area contributed by atoms with Crippen molar-refractivity contribution in [2.45, 2.75) is 28.5 Å². The number of hydrogen-bond donors (Lipinski definition) is 0. The molecule has 0 radical (unpaired) electrons. The van der Waals surface area contributed by atoms with Crippen molar-refractivity contribution in [2.24, 2.45) is 0 Å². The maximum absolute atomic E-state index is 14.2. The maximum atomic E-state index is 14.2. The number of para-hydroxylation sites is 1. The lowest BCUT2D eigenvalue weighted by molar-refractivity contribution is -0.387. The summed E-state index contributed by atoms with van der Waals surface area (Å²) in [5.41, 5.74) is 2.30. The molecule has 12 heteroatoms. The monoisotopic (exact) mass is 809 g/mol. The van der Waals surface area contributed by atoms with Crippen molar-refractivity contribution >= 4 is 31.6 Å². The molecule has 54 heavy (non-hydrogen) atoms. The van der Waals surface area contributed by atoms with Gasteiger partial charge in [-0.2, -0.15) is 4.31 Å². The highest BCUT2D eigenvalue weighted by Gasteiger charge is 2.52. The summed E-state index contributed by atoms with van der Waals surface area (Å²) in [5.74, 6) is 1.31. The van der Waals surface area contributed by atoms with Gasteiger partial charge < -0.3 is 14.2 Å². The van der Waals surface area contributed by atoms with Crippen LogP contribution in [0.1, 0.15) is 28.2 Å². The third-order valence-electron chi connectivity index (χ3n) is 10.4. The Morgan fingerprint density at radius 3 is 1.91 bits per heavy atom. The number of hydrogen-bond acceptors (Lipinski definition) is 8. The molecule has 0 aliphatic carbocycles. The van der Waals surface area contributed by atoms with Gasteiger partial charge in [0.05, 0.1) is 25.7 Å². The SMILES string of the molecule is COc1ccc(C(OC[C@@H]2[C@H](c3ccc(Br)cc3)[C@@H]3CN(S(=O)(=O)c4ccccc4[N+](=O)[O-])C/C=C\CN23)(c2ccccc2)c2ccc(OC)cc2)cc1. The maximum Gasteiger partial charge on any atom is 0.289 e. The van der Waals surface area contributed by atoms with E-state index in [9.17, 15) is 18.5 Å². The fourth-order valence-electron chi connectivity index (χ4n) is 7.75. The van der Waals surface area contributed by atoms with Crippen LogP contribution in [0.25, 0.3) is 0 Å². The molecule has 2 heterocycles. The quantitative estimate of drug-likeness (QED) is 0.0544. The van der Waals surface area contributed by atoms with Crippen LogP contribution in [-0.2, 0) is 20.4 Å². The molecule has 0 N–H and O–H groups in total. The van der Waals surface area contributed by atoms with Crippen LogP contribution in [0.4, 0.5) is 5.69 Å². The Kier molecular flexibility index (Phi) is 11.0. The van der Waals surface area contributed by atoms with E-state index < -0.39 is 26.2 Å². The molecule has 0 bridgehead atoms. The first-order valence-corrected chi connectivity index (χ1v) is 19.8. The fraction of sp³-hybridized carbons (Fsp3) is 0.238. The van der Waals surface area contributed by atoms with Gasteiger partial charge in [-0.15, -0.1) is 0 Å². The number of nitro benzene ring substituents is 1. The van der Waals surface area contributed by atoms with Crippen LogP contribution in [0.15, 0.2) is 149 Å².